The molecule has 0 N–H and O–H groups in total. The molecule has 9 aromatic carbocycles. The van der Waals surface area contributed by atoms with Crippen molar-refractivity contribution >= 4 is 43.1 Å². The van der Waals surface area contributed by atoms with E-state index in [9.17, 15) is 0 Å². The highest BCUT2D eigenvalue weighted by Gasteiger charge is 2.20. The van der Waals surface area contributed by atoms with Gasteiger partial charge in [-0.2, -0.15) is 0 Å². The molecule has 52 heavy (non-hydrogen) atoms. The first-order valence-corrected chi connectivity index (χ1v) is 17.6. The Labute approximate surface area is 301 Å². The van der Waals surface area contributed by atoms with Crippen LogP contribution in [-0.4, -0.2) is 15.0 Å². The lowest BCUT2D eigenvalue weighted by Crippen LogP contribution is -2.02. The van der Waals surface area contributed by atoms with Crippen molar-refractivity contribution in [3.63, 3.8) is 0 Å². The third-order valence-corrected chi connectivity index (χ3v) is 10.1. The van der Waals surface area contributed by atoms with Gasteiger partial charge in [-0.3, -0.25) is 0 Å². The minimum atomic E-state index is 0.634. The minimum absolute atomic E-state index is 0.634. The summed E-state index contributed by atoms with van der Waals surface area (Å²) in [6.07, 6.45) is 0. The molecule has 0 saturated heterocycles. The number of hydrogen-bond acceptors (Lipinski definition) is 3. The molecule has 1 heterocycles. The maximum atomic E-state index is 5.34. The number of aromatic nitrogens is 3. The molecular weight excluding hydrogens is 631 g/mol. The molecule has 0 aliphatic heterocycles. The maximum Gasteiger partial charge on any atom is 0.165 e. The van der Waals surface area contributed by atoms with Crippen LogP contribution in [0.2, 0.25) is 0 Å². The Bertz CT molecular complexity index is 2940. The predicted octanol–water partition coefficient (Wildman–Crippen LogP) is 12.8. The van der Waals surface area contributed by atoms with Crippen molar-refractivity contribution in [3.8, 4) is 56.4 Å². The second-order valence-corrected chi connectivity index (χ2v) is 13.2. The molecule has 0 aliphatic rings. The van der Waals surface area contributed by atoms with Crippen LogP contribution in [0.15, 0.2) is 188 Å². The molecule has 0 amide bonds. The van der Waals surface area contributed by atoms with Crippen molar-refractivity contribution in [1.29, 1.82) is 0 Å². The summed E-state index contributed by atoms with van der Waals surface area (Å²) in [5.41, 5.74) is 7.44. The molecule has 0 spiro atoms. The van der Waals surface area contributed by atoms with Crippen LogP contribution in [0.25, 0.3) is 99.5 Å². The van der Waals surface area contributed by atoms with Gasteiger partial charge in [0.2, 0.25) is 0 Å². The van der Waals surface area contributed by atoms with Crippen molar-refractivity contribution in [3.05, 3.63) is 188 Å². The normalized spacial score (nSPS) is 11.5. The number of benzene rings is 9. The van der Waals surface area contributed by atoms with Gasteiger partial charge < -0.3 is 0 Å². The van der Waals surface area contributed by atoms with E-state index in [0.29, 0.717) is 17.5 Å². The fraction of sp³-hybridized carbons (Fsp3) is 0. The molecule has 0 fully saturated rings. The van der Waals surface area contributed by atoms with Gasteiger partial charge in [-0.25, -0.2) is 15.0 Å². The van der Waals surface area contributed by atoms with E-state index in [0.717, 1.165) is 49.5 Å². The fourth-order valence-corrected chi connectivity index (χ4v) is 7.62. The van der Waals surface area contributed by atoms with Crippen LogP contribution >= 0.6 is 0 Å². The largest absolute Gasteiger partial charge is 0.208 e. The molecular formula is C49H31N3. The summed E-state index contributed by atoms with van der Waals surface area (Å²) in [7, 11) is 0. The fourth-order valence-electron chi connectivity index (χ4n) is 7.62. The van der Waals surface area contributed by atoms with Gasteiger partial charge in [-0.05, 0) is 71.4 Å². The van der Waals surface area contributed by atoms with Crippen LogP contribution in [0.1, 0.15) is 0 Å². The topological polar surface area (TPSA) is 38.7 Å². The lowest BCUT2D eigenvalue weighted by Gasteiger charge is -2.15. The van der Waals surface area contributed by atoms with Gasteiger partial charge in [0.1, 0.15) is 0 Å². The minimum Gasteiger partial charge on any atom is -0.208 e. The van der Waals surface area contributed by atoms with Gasteiger partial charge in [0.25, 0.3) is 0 Å². The third kappa shape index (κ3) is 5.10. The monoisotopic (exact) mass is 661 g/mol. The Morgan fingerprint density at radius 1 is 0.250 bits per heavy atom. The molecule has 3 nitrogen and oxygen atoms in total. The summed E-state index contributed by atoms with van der Waals surface area (Å²) in [6.45, 7) is 0. The smallest absolute Gasteiger partial charge is 0.165 e. The highest BCUT2D eigenvalue weighted by molar-refractivity contribution is 6.19. The Hall–Kier alpha value is -6.97. The van der Waals surface area contributed by atoms with E-state index in [1.807, 2.05) is 6.07 Å². The molecule has 242 valence electrons. The van der Waals surface area contributed by atoms with E-state index >= 15 is 0 Å². The average Bonchev–Trinajstić information content (AvgIpc) is 3.23. The van der Waals surface area contributed by atoms with Crippen LogP contribution in [0.4, 0.5) is 0 Å². The maximum absolute atomic E-state index is 5.34. The van der Waals surface area contributed by atoms with E-state index < -0.39 is 0 Å². The van der Waals surface area contributed by atoms with Gasteiger partial charge in [0.15, 0.2) is 17.5 Å². The van der Waals surface area contributed by atoms with Gasteiger partial charge in [0, 0.05) is 16.7 Å². The highest BCUT2D eigenvalue weighted by atomic mass is 15.0. The molecule has 0 bridgehead atoms. The van der Waals surface area contributed by atoms with Gasteiger partial charge >= 0.3 is 0 Å². The number of nitrogens with zero attached hydrogens (tertiary/aromatic N) is 3. The van der Waals surface area contributed by atoms with Crippen molar-refractivity contribution < 1.29 is 0 Å². The van der Waals surface area contributed by atoms with Crippen molar-refractivity contribution in [2.75, 3.05) is 0 Å². The van der Waals surface area contributed by atoms with Crippen molar-refractivity contribution in [1.82, 2.24) is 15.0 Å². The summed E-state index contributed by atoms with van der Waals surface area (Å²) >= 11 is 0. The Kier molecular flexibility index (Phi) is 7.14. The van der Waals surface area contributed by atoms with E-state index in [1.165, 1.54) is 32.5 Å². The van der Waals surface area contributed by atoms with Crippen molar-refractivity contribution in [2.24, 2.45) is 0 Å². The van der Waals surface area contributed by atoms with E-state index in [2.05, 4.69) is 182 Å². The quantitative estimate of drug-likeness (QED) is 0.136. The standard InChI is InChI=1S/C49H31N3/c1-2-13-32(14-3-1)40-20-10-11-23-44(40)48-50-47(36-27-25-35(26-28-36)39-24-12-18-33-15-4-7-19-38(33)39)51-49(52-48)46-42-22-9-6-17-37(42)31-45-41-21-8-5-16-34(41)29-30-43(45)46/h1-31H. The SMILES string of the molecule is c1ccc(-c2ccccc2-c2nc(-c3ccc(-c4cccc5ccccc45)cc3)nc(-c3c4ccccc4cc4c3ccc3ccccc34)n2)cc1. The molecule has 0 unspecified atom stereocenters. The second kappa shape index (κ2) is 12.4. The number of hydrogen-bond donors (Lipinski definition) is 0. The van der Waals surface area contributed by atoms with E-state index in [4.69, 9.17) is 15.0 Å². The molecule has 0 atom stereocenters. The molecule has 10 aromatic rings. The Balaban J connectivity index is 1.23. The average molecular weight is 662 g/mol. The zero-order valence-electron chi connectivity index (χ0n) is 28.2. The van der Waals surface area contributed by atoms with Crippen LogP contribution in [0, 0.1) is 0 Å². The molecule has 0 aliphatic carbocycles. The zero-order chi connectivity index (χ0) is 34.4. The van der Waals surface area contributed by atoms with Crippen LogP contribution in [-0.2, 0) is 0 Å². The Morgan fingerprint density at radius 2 is 0.788 bits per heavy atom. The molecule has 1 aromatic heterocycles. The second-order valence-electron chi connectivity index (χ2n) is 13.2. The van der Waals surface area contributed by atoms with E-state index in [1.54, 1.807) is 0 Å². The van der Waals surface area contributed by atoms with Crippen molar-refractivity contribution in [2.45, 2.75) is 0 Å². The summed E-state index contributed by atoms with van der Waals surface area (Å²) < 4.78 is 0. The summed E-state index contributed by atoms with van der Waals surface area (Å²) in [5, 5.41) is 9.42. The van der Waals surface area contributed by atoms with Crippen LogP contribution in [0.3, 0.4) is 0 Å². The van der Waals surface area contributed by atoms with Gasteiger partial charge in [-0.1, -0.05) is 182 Å². The first-order chi connectivity index (χ1) is 25.8. The van der Waals surface area contributed by atoms with Gasteiger partial charge in [-0.15, -0.1) is 0 Å². The lowest BCUT2D eigenvalue weighted by atomic mass is 9.93. The summed E-state index contributed by atoms with van der Waals surface area (Å²) in [4.78, 5) is 15.9. The van der Waals surface area contributed by atoms with E-state index in [-0.39, 0.29) is 0 Å². The molecule has 0 radical (unpaired) electrons. The molecule has 0 saturated carbocycles. The third-order valence-electron chi connectivity index (χ3n) is 10.1. The summed E-state index contributed by atoms with van der Waals surface area (Å²) in [5.74, 6) is 1.92. The highest BCUT2D eigenvalue weighted by Crippen LogP contribution is 2.40. The predicted molar refractivity (Wildman–Crippen MR) is 217 cm³/mol. The molecule has 3 heteroatoms. The first-order valence-electron chi connectivity index (χ1n) is 17.6. The number of rotatable bonds is 5. The zero-order valence-corrected chi connectivity index (χ0v) is 28.2. The van der Waals surface area contributed by atoms with Crippen LogP contribution < -0.4 is 0 Å². The van der Waals surface area contributed by atoms with Gasteiger partial charge in [0.05, 0.1) is 0 Å². The lowest BCUT2D eigenvalue weighted by molar-refractivity contribution is 1.08. The Morgan fingerprint density at radius 3 is 1.60 bits per heavy atom. The number of fused-ring (bicyclic) bond motifs is 5. The first kappa shape index (κ1) is 29.9. The summed E-state index contributed by atoms with van der Waals surface area (Å²) in [6, 6.07) is 66.3. The van der Waals surface area contributed by atoms with Crippen LogP contribution in [0.5, 0.6) is 0 Å². The molecule has 10 rings (SSSR count).